The van der Waals surface area contributed by atoms with E-state index in [1.54, 1.807) is 0 Å². The van der Waals surface area contributed by atoms with Crippen molar-refractivity contribution in [2.75, 3.05) is 47.6 Å². The van der Waals surface area contributed by atoms with E-state index < -0.39 is 7.25 Å². The lowest BCUT2D eigenvalue weighted by atomic mass is 10.3. The van der Waals surface area contributed by atoms with E-state index in [4.69, 9.17) is 14.2 Å². The average Bonchev–Trinajstić information content (AvgIpc) is 2.45. The Bertz CT molecular complexity index is 463. The molecule has 0 saturated carbocycles. The van der Waals surface area contributed by atoms with E-state index in [0.29, 0.717) is 23.6 Å². The normalized spacial score (nSPS) is 17.2. The van der Waals surface area contributed by atoms with Gasteiger partial charge in [0.05, 0.1) is 34.5 Å². The molecule has 1 fully saturated rings. The number of aromatic nitrogens is 3. The molecule has 0 N–H and O–H groups in total. The molecule has 7 nitrogen and oxygen atoms in total. The topological polar surface area (TPSA) is 66.4 Å². The molecule has 1 aromatic heterocycles. The summed E-state index contributed by atoms with van der Waals surface area (Å²) < 4.78 is 55.1. The third-order valence-electron chi connectivity index (χ3n) is 2.89. The van der Waals surface area contributed by atoms with Crippen molar-refractivity contribution in [1.29, 1.82) is 0 Å². The number of morpholine rings is 1. The van der Waals surface area contributed by atoms with Crippen molar-refractivity contribution in [3.8, 4) is 12.0 Å². The summed E-state index contributed by atoms with van der Waals surface area (Å²) in [4.78, 5) is 12.6. The lowest BCUT2D eigenvalue weighted by Crippen LogP contribution is -2.54. The minimum Gasteiger partial charge on any atom is -0.466 e. The summed E-state index contributed by atoms with van der Waals surface area (Å²) in [5.74, 6) is 0.650. The molecule has 0 aromatic carbocycles. The number of likely N-dealkylation sites (N-methyl/N-ethyl adjacent to an activating group) is 1. The molecule has 0 bridgehead atoms. The van der Waals surface area contributed by atoms with Gasteiger partial charge in [-0.05, 0) is 0 Å². The minimum atomic E-state index is -6.00. The molecule has 0 spiro atoms. The molecule has 1 aliphatic heterocycles. The van der Waals surface area contributed by atoms with E-state index in [0.717, 1.165) is 13.1 Å². The van der Waals surface area contributed by atoms with Crippen LogP contribution in [-0.4, -0.2) is 69.8 Å². The van der Waals surface area contributed by atoms with Crippen LogP contribution in [0.3, 0.4) is 0 Å². The van der Waals surface area contributed by atoms with Gasteiger partial charge in [-0.3, -0.25) is 4.48 Å². The number of rotatable bonds is 3. The quantitative estimate of drug-likeness (QED) is 0.473. The van der Waals surface area contributed by atoms with E-state index in [2.05, 4.69) is 22.0 Å². The number of nitrogens with zero attached hydrogens (tertiary/aromatic N) is 4. The summed E-state index contributed by atoms with van der Waals surface area (Å²) in [5.41, 5.74) is 0. The number of hydrogen-bond donors (Lipinski definition) is 0. The Morgan fingerprint density at radius 1 is 1.00 bits per heavy atom. The highest BCUT2D eigenvalue weighted by molar-refractivity contribution is 6.50. The summed E-state index contributed by atoms with van der Waals surface area (Å²) >= 11 is 0. The third-order valence-corrected chi connectivity index (χ3v) is 2.89. The smallest absolute Gasteiger partial charge is 0.466 e. The summed E-state index contributed by atoms with van der Waals surface area (Å²) in [6.45, 7) is 3.06. The second kappa shape index (κ2) is 7.54. The average molecular weight is 329 g/mol. The van der Waals surface area contributed by atoms with Crippen LogP contribution >= 0.6 is 0 Å². The van der Waals surface area contributed by atoms with Crippen LogP contribution in [0, 0.1) is 0 Å². The first-order chi connectivity index (χ1) is 10.2. The molecule has 1 aromatic rings. The molecule has 2 rings (SSSR count). The Kier molecular flexibility index (Phi) is 6.29. The molecule has 1 aliphatic rings. The van der Waals surface area contributed by atoms with Gasteiger partial charge in [0.1, 0.15) is 13.1 Å². The molecule has 1 saturated heterocycles. The van der Waals surface area contributed by atoms with Crippen molar-refractivity contribution in [1.82, 2.24) is 19.4 Å². The first-order valence-corrected chi connectivity index (χ1v) is 6.32. The number of methoxy groups -OCH3 is 2. The monoisotopic (exact) mass is 329 g/mol. The maximum Gasteiger partial charge on any atom is 1.00 e. The zero-order valence-electron chi connectivity index (χ0n) is 13.4. The molecular weight excluding hydrogens is 311 g/mol. The van der Waals surface area contributed by atoms with E-state index in [1.807, 2.05) is 0 Å². The van der Waals surface area contributed by atoms with E-state index in [1.165, 1.54) is 14.2 Å². The molecule has 0 atom stereocenters. The summed E-state index contributed by atoms with van der Waals surface area (Å²) in [6, 6.07) is 0.551. The first kappa shape index (κ1) is 18.4. The fraction of sp³-hybridized carbons (Fsp3) is 0.700. The summed E-state index contributed by atoms with van der Waals surface area (Å²) in [7, 11) is -0.882. The maximum absolute atomic E-state index is 9.75. The molecular formula is C10H18BF4N4O3+. The Balaban J connectivity index is 0.000000709. The molecule has 2 heterocycles. The first-order valence-electron chi connectivity index (χ1n) is 6.32. The molecule has 126 valence electrons. The molecule has 12 heteroatoms. The zero-order valence-corrected chi connectivity index (χ0v) is 12.4. The Morgan fingerprint density at radius 3 is 1.77 bits per heavy atom. The van der Waals surface area contributed by atoms with Gasteiger partial charge < -0.3 is 31.5 Å². The van der Waals surface area contributed by atoms with Crippen LogP contribution in [0.15, 0.2) is 0 Å². The fourth-order valence-electron chi connectivity index (χ4n) is 1.70. The fourth-order valence-corrected chi connectivity index (χ4v) is 1.70. The van der Waals surface area contributed by atoms with Gasteiger partial charge in [0.25, 0.3) is 0 Å². The van der Waals surface area contributed by atoms with Crippen LogP contribution in [0.4, 0.5) is 23.2 Å². The molecule has 0 amide bonds. The Labute approximate surface area is 126 Å². The van der Waals surface area contributed by atoms with Crippen molar-refractivity contribution in [2.24, 2.45) is 0 Å². The largest absolute Gasteiger partial charge is 1.00 e. The minimum absolute atomic E-state index is 0. The number of halogens is 4. The van der Waals surface area contributed by atoms with Gasteiger partial charge in [-0.15, -0.1) is 15.0 Å². The van der Waals surface area contributed by atoms with Crippen LogP contribution in [0.25, 0.3) is 0 Å². The van der Waals surface area contributed by atoms with E-state index in [-0.39, 0.29) is 13.4 Å². The second-order valence-electron chi connectivity index (χ2n) is 4.56. The van der Waals surface area contributed by atoms with Crippen molar-refractivity contribution in [3.05, 3.63) is 0 Å². The summed E-state index contributed by atoms with van der Waals surface area (Å²) in [6.07, 6.45) is 0. The van der Waals surface area contributed by atoms with Gasteiger partial charge in [-0.2, -0.15) is 0 Å². The number of quaternary nitrogens is 1. The predicted molar refractivity (Wildman–Crippen MR) is 72.5 cm³/mol. The number of hydrogen-bond acceptors (Lipinski definition) is 6. The van der Waals surface area contributed by atoms with Crippen LogP contribution in [0.1, 0.15) is 1.43 Å². The van der Waals surface area contributed by atoms with Gasteiger partial charge in [0.15, 0.2) is 0 Å². The highest BCUT2D eigenvalue weighted by atomic mass is 19.5. The van der Waals surface area contributed by atoms with Gasteiger partial charge in [0.2, 0.25) is 0 Å². The third kappa shape index (κ3) is 5.97. The molecule has 0 aliphatic carbocycles. The standard InChI is InChI=1S/C10H17N4O3.BF4/c1-14(4-6-17-7-5-14)8-11-9(15-2)13-10(12-8)16-3;2-1(3,4)5/h4-7H2,1-3H3;/q+1;-1/p+1. The molecule has 22 heavy (non-hydrogen) atoms. The lowest BCUT2D eigenvalue weighted by molar-refractivity contribution is 0.0489. The highest BCUT2D eigenvalue weighted by Gasteiger charge is 2.32. The maximum atomic E-state index is 9.75. The van der Waals surface area contributed by atoms with Crippen molar-refractivity contribution < 1.29 is 32.9 Å². The SMILES string of the molecule is COc1nc(OC)nc([N+]2(C)CCOCC2)n1.F[B-](F)(F)F.[H+]. The second-order valence-corrected chi connectivity index (χ2v) is 4.56. The van der Waals surface area contributed by atoms with Gasteiger partial charge in [0, 0.05) is 0 Å². The van der Waals surface area contributed by atoms with Gasteiger partial charge in [-0.1, -0.05) is 0 Å². The van der Waals surface area contributed by atoms with E-state index in [9.17, 15) is 17.3 Å². The van der Waals surface area contributed by atoms with Crippen LogP contribution < -0.4 is 14.0 Å². The zero-order chi connectivity index (χ0) is 16.8. The van der Waals surface area contributed by atoms with Crippen LogP contribution in [-0.2, 0) is 4.74 Å². The van der Waals surface area contributed by atoms with Crippen LogP contribution in [0.2, 0.25) is 0 Å². The van der Waals surface area contributed by atoms with Gasteiger partial charge in [-0.25, -0.2) is 0 Å². The Hall–Kier alpha value is -1.69. The number of ether oxygens (including phenoxy) is 3. The van der Waals surface area contributed by atoms with Crippen molar-refractivity contribution >= 4 is 13.2 Å². The highest BCUT2D eigenvalue weighted by Crippen LogP contribution is 2.22. The predicted octanol–water partition coefficient (Wildman–Crippen LogP) is 1.27. The van der Waals surface area contributed by atoms with Crippen LogP contribution in [0.5, 0.6) is 12.0 Å². The Morgan fingerprint density at radius 2 is 1.41 bits per heavy atom. The van der Waals surface area contributed by atoms with Crippen molar-refractivity contribution in [2.45, 2.75) is 0 Å². The van der Waals surface area contributed by atoms with Crippen molar-refractivity contribution in [3.63, 3.8) is 0 Å². The lowest BCUT2D eigenvalue weighted by Gasteiger charge is -2.34. The molecule has 0 unspecified atom stereocenters. The van der Waals surface area contributed by atoms with Gasteiger partial charge >= 0.3 is 26.7 Å². The molecule has 0 radical (unpaired) electrons. The summed E-state index contributed by atoms with van der Waals surface area (Å²) in [5, 5.41) is 0. The van der Waals surface area contributed by atoms with E-state index >= 15 is 0 Å².